The molecule has 16 heavy (non-hydrogen) atoms. The number of rotatable bonds is 5. The summed E-state index contributed by atoms with van der Waals surface area (Å²) in [5.74, 6) is 0. The molecule has 0 heterocycles. The molecule has 0 aliphatic carbocycles. The van der Waals surface area contributed by atoms with Crippen LogP contribution in [0.25, 0.3) is 0 Å². The van der Waals surface area contributed by atoms with Gasteiger partial charge in [0, 0.05) is 13.1 Å². The third-order valence-corrected chi connectivity index (χ3v) is 2.02. The van der Waals surface area contributed by atoms with Gasteiger partial charge in [0.05, 0.1) is 12.5 Å². The van der Waals surface area contributed by atoms with E-state index in [0.717, 1.165) is 5.56 Å². The molecule has 2 N–H and O–H groups in total. The molecule has 0 aliphatic heterocycles. The highest BCUT2D eigenvalue weighted by atomic mass is 19.4. The Hall–Kier alpha value is -1.07. The summed E-state index contributed by atoms with van der Waals surface area (Å²) >= 11 is 0. The molecule has 0 radical (unpaired) electrons. The maximum absolute atomic E-state index is 11.9. The number of aliphatic hydroxyl groups excluding tert-OH is 1. The highest BCUT2D eigenvalue weighted by Gasteiger charge is 2.30. The average Bonchev–Trinajstić information content (AvgIpc) is 2.16. The standard InChI is InChI=1S/C11H14F3NO/c12-11(13,14)6-10(16)8-15-7-9-4-2-1-3-5-9/h1-5,10,15-16H,6-8H2/t10-/m1/s1. The number of hydrogen-bond acceptors (Lipinski definition) is 2. The fourth-order valence-electron chi connectivity index (χ4n) is 1.32. The first-order valence-electron chi connectivity index (χ1n) is 4.97. The van der Waals surface area contributed by atoms with Gasteiger partial charge in [-0.3, -0.25) is 0 Å². The van der Waals surface area contributed by atoms with E-state index in [1.165, 1.54) is 0 Å². The first-order chi connectivity index (χ1) is 7.47. The lowest BCUT2D eigenvalue weighted by Crippen LogP contribution is -2.30. The SMILES string of the molecule is O[C@@H](CNCc1ccccc1)CC(F)(F)F. The van der Waals surface area contributed by atoms with Crippen LogP contribution in [0.15, 0.2) is 30.3 Å². The quantitative estimate of drug-likeness (QED) is 0.816. The van der Waals surface area contributed by atoms with Crippen LogP contribution in [0.3, 0.4) is 0 Å². The van der Waals surface area contributed by atoms with E-state index in [4.69, 9.17) is 5.11 Å². The lowest BCUT2D eigenvalue weighted by Gasteiger charge is -2.13. The second kappa shape index (κ2) is 5.86. The van der Waals surface area contributed by atoms with Gasteiger partial charge in [-0.15, -0.1) is 0 Å². The van der Waals surface area contributed by atoms with Gasteiger partial charge >= 0.3 is 6.18 Å². The minimum absolute atomic E-state index is 0.0611. The van der Waals surface area contributed by atoms with Crippen LogP contribution in [0.5, 0.6) is 0 Å². The van der Waals surface area contributed by atoms with E-state index in [1.54, 1.807) is 0 Å². The van der Waals surface area contributed by atoms with Crippen LogP contribution in [0.2, 0.25) is 0 Å². The van der Waals surface area contributed by atoms with E-state index < -0.39 is 18.7 Å². The summed E-state index contributed by atoms with van der Waals surface area (Å²) in [5.41, 5.74) is 0.974. The maximum Gasteiger partial charge on any atom is 0.391 e. The summed E-state index contributed by atoms with van der Waals surface area (Å²) in [4.78, 5) is 0. The molecular weight excluding hydrogens is 219 g/mol. The first-order valence-corrected chi connectivity index (χ1v) is 4.97. The molecule has 0 spiro atoms. The van der Waals surface area contributed by atoms with Gasteiger partial charge in [-0.25, -0.2) is 0 Å². The van der Waals surface area contributed by atoms with Crippen molar-refractivity contribution < 1.29 is 18.3 Å². The molecule has 2 nitrogen and oxygen atoms in total. The van der Waals surface area contributed by atoms with E-state index >= 15 is 0 Å². The molecule has 0 saturated carbocycles. The van der Waals surface area contributed by atoms with Crippen LogP contribution >= 0.6 is 0 Å². The van der Waals surface area contributed by atoms with Crippen LogP contribution in [0.4, 0.5) is 13.2 Å². The normalized spacial score (nSPS) is 13.8. The van der Waals surface area contributed by atoms with Gasteiger partial charge < -0.3 is 10.4 Å². The first kappa shape index (κ1) is 13.0. The molecule has 1 atom stereocenters. The topological polar surface area (TPSA) is 32.3 Å². The van der Waals surface area contributed by atoms with E-state index in [9.17, 15) is 13.2 Å². The molecule has 1 rings (SSSR count). The van der Waals surface area contributed by atoms with Crippen LogP contribution in [-0.2, 0) is 6.54 Å². The number of halogens is 3. The van der Waals surface area contributed by atoms with Crippen LogP contribution < -0.4 is 5.32 Å². The second-order valence-corrected chi connectivity index (χ2v) is 3.59. The molecule has 1 aromatic rings. The lowest BCUT2D eigenvalue weighted by molar-refractivity contribution is -0.152. The summed E-state index contributed by atoms with van der Waals surface area (Å²) in [6.07, 6.45) is -6.87. The van der Waals surface area contributed by atoms with Crippen molar-refractivity contribution in [2.24, 2.45) is 0 Å². The monoisotopic (exact) mass is 233 g/mol. The number of benzene rings is 1. The van der Waals surface area contributed by atoms with E-state index in [-0.39, 0.29) is 6.54 Å². The Morgan fingerprint density at radius 3 is 2.38 bits per heavy atom. The van der Waals surface area contributed by atoms with Crippen molar-refractivity contribution in [2.45, 2.75) is 25.2 Å². The smallest absolute Gasteiger partial charge is 0.391 e. The van der Waals surface area contributed by atoms with E-state index in [0.29, 0.717) is 6.54 Å². The van der Waals surface area contributed by atoms with Crippen molar-refractivity contribution in [3.05, 3.63) is 35.9 Å². The number of nitrogens with one attached hydrogen (secondary N) is 1. The van der Waals surface area contributed by atoms with Gasteiger partial charge in [-0.2, -0.15) is 13.2 Å². The van der Waals surface area contributed by atoms with Crippen molar-refractivity contribution in [1.29, 1.82) is 0 Å². The lowest BCUT2D eigenvalue weighted by atomic mass is 10.2. The van der Waals surface area contributed by atoms with Crippen LogP contribution in [0, 0.1) is 0 Å². The molecule has 0 aromatic heterocycles. The Kier molecular flexibility index (Phi) is 4.76. The summed E-state index contributed by atoms with van der Waals surface area (Å²) < 4.78 is 35.6. The number of alkyl halides is 3. The number of aliphatic hydroxyl groups is 1. The fourth-order valence-corrected chi connectivity index (χ4v) is 1.32. The van der Waals surface area contributed by atoms with E-state index in [2.05, 4.69) is 5.32 Å². The highest BCUT2D eigenvalue weighted by molar-refractivity contribution is 5.14. The Morgan fingerprint density at radius 2 is 1.81 bits per heavy atom. The third kappa shape index (κ3) is 5.72. The van der Waals surface area contributed by atoms with E-state index in [1.807, 2.05) is 30.3 Å². The van der Waals surface area contributed by atoms with Gasteiger partial charge in [-0.1, -0.05) is 30.3 Å². The maximum atomic E-state index is 11.9. The van der Waals surface area contributed by atoms with Crippen molar-refractivity contribution >= 4 is 0 Å². The Bertz CT molecular complexity index is 300. The summed E-state index contributed by atoms with van der Waals surface area (Å²) in [7, 11) is 0. The summed E-state index contributed by atoms with van der Waals surface area (Å²) in [5, 5.41) is 11.9. The van der Waals surface area contributed by atoms with Gasteiger partial charge in [0.1, 0.15) is 0 Å². The summed E-state index contributed by atoms with van der Waals surface area (Å²) in [6.45, 7) is 0.393. The Morgan fingerprint density at radius 1 is 1.19 bits per heavy atom. The predicted octanol–water partition coefficient (Wildman–Crippen LogP) is 2.09. The van der Waals surface area contributed by atoms with Crippen molar-refractivity contribution in [1.82, 2.24) is 5.32 Å². The van der Waals surface area contributed by atoms with Crippen LogP contribution in [-0.4, -0.2) is 23.9 Å². The Balaban J connectivity index is 2.21. The zero-order valence-electron chi connectivity index (χ0n) is 8.67. The molecule has 5 heteroatoms. The molecule has 0 unspecified atom stereocenters. The van der Waals surface area contributed by atoms with Gasteiger partial charge in [0.25, 0.3) is 0 Å². The zero-order chi connectivity index (χ0) is 12.0. The molecule has 90 valence electrons. The zero-order valence-corrected chi connectivity index (χ0v) is 8.67. The minimum Gasteiger partial charge on any atom is -0.391 e. The molecular formula is C11H14F3NO. The average molecular weight is 233 g/mol. The molecule has 0 amide bonds. The van der Waals surface area contributed by atoms with Crippen molar-refractivity contribution in [3.8, 4) is 0 Å². The summed E-state index contributed by atoms with van der Waals surface area (Å²) in [6, 6.07) is 9.29. The number of hydrogen-bond donors (Lipinski definition) is 2. The minimum atomic E-state index is -4.31. The van der Waals surface area contributed by atoms with Crippen molar-refractivity contribution in [3.63, 3.8) is 0 Å². The molecule has 0 aliphatic rings. The highest BCUT2D eigenvalue weighted by Crippen LogP contribution is 2.21. The second-order valence-electron chi connectivity index (χ2n) is 3.59. The molecule has 1 aromatic carbocycles. The van der Waals surface area contributed by atoms with Crippen LogP contribution in [0.1, 0.15) is 12.0 Å². The predicted molar refractivity (Wildman–Crippen MR) is 54.8 cm³/mol. The fraction of sp³-hybridized carbons (Fsp3) is 0.455. The molecule has 0 saturated heterocycles. The third-order valence-electron chi connectivity index (χ3n) is 2.02. The van der Waals surface area contributed by atoms with Gasteiger partial charge in [-0.05, 0) is 5.56 Å². The van der Waals surface area contributed by atoms with Crippen molar-refractivity contribution in [2.75, 3.05) is 6.54 Å². The molecule has 0 bridgehead atoms. The Labute approximate surface area is 92.1 Å². The van der Waals surface area contributed by atoms with Gasteiger partial charge in [0.15, 0.2) is 0 Å². The largest absolute Gasteiger partial charge is 0.391 e. The van der Waals surface area contributed by atoms with Gasteiger partial charge in [0.2, 0.25) is 0 Å². The molecule has 0 fully saturated rings.